The Kier molecular flexibility index (Phi) is 4.50. The van der Waals surface area contributed by atoms with Crippen LogP contribution in [0.3, 0.4) is 0 Å². The van der Waals surface area contributed by atoms with Crippen molar-refractivity contribution in [2.24, 2.45) is 0 Å². The third-order valence-corrected chi connectivity index (χ3v) is 4.12. The maximum absolute atomic E-state index is 5.84. The molecule has 0 heterocycles. The topological polar surface area (TPSA) is 9.23 Å². The number of ether oxygens (including phenoxy) is 1. The van der Waals surface area contributed by atoms with Crippen LogP contribution in [0.15, 0.2) is 48.5 Å². The molecule has 2 rings (SSSR count). The van der Waals surface area contributed by atoms with Gasteiger partial charge in [-0.3, -0.25) is 0 Å². The second kappa shape index (κ2) is 5.95. The summed E-state index contributed by atoms with van der Waals surface area (Å²) in [4.78, 5) is 0. The first kappa shape index (κ1) is 14.4. The minimum Gasteiger partial charge on any atom is -0.489 e. The molecule has 0 saturated heterocycles. The molecular formula is C17H19IO. The zero-order chi connectivity index (χ0) is 13.9. The monoisotopic (exact) mass is 366 g/mol. The summed E-state index contributed by atoms with van der Waals surface area (Å²) in [5.74, 6) is 0.924. The zero-order valence-electron chi connectivity index (χ0n) is 11.6. The van der Waals surface area contributed by atoms with Gasteiger partial charge in [-0.2, -0.15) is 0 Å². The Labute approximate surface area is 129 Å². The lowest BCUT2D eigenvalue weighted by atomic mass is 9.87. The van der Waals surface area contributed by atoms with Crippen LogP contribution in [-0.2, 0) is 12.0 Å². The van der Waals surface area contributed by atoms with Crippen LogP contribution in [0.1, 0.15) is 31.9 Å². The molecule has 0 unspecified atom stereocenters. The number of hydrogen-bond acceptors (Lipinski definition) is 1. The van der Waals surface area contributed by atoms with Crippen LogP contribution in [0.25, 0.3) is 0 Å². The molecule has 19 heavy (non-hydrogen) atoms. The van der Waals surface area contributed by atoms with Gasteiger partial charge in [0, 0.05) is 9.13 Å². The summed E-state index contributed by atoms with van der Waals surface area (Å²) in [6.07, 6.45) is 0. The highest BCUT2D eigenvalue weighted by atomic mass is 127. The lowest BCUT2D eigenvalue weighted by molar-refractivity contribution is 0.305. The van der Waals surface area contributed by atoms with Gasteiger partial charge in [0.2, 0.25) is 0 Å². The van der Waals surface area contributed by atoms with Crippen molar-refractivity contribution in [1.82, 2.24) is 0 Å². The van der Waals surface area contributed by atoms with Crippen molar-refractivity contribution < 1.29 is 4.74 Å². The zero-order valence-corrected chi connectivity index (χ0v) is 13.8. The van der Waals surface area contributed by atoms with E-state index in [0.717, 1.165) is 5.75 Å². The van der Waals surface area contributed by atoms with E-state index in [0.29, 0.717) is 6.61 Å². The average molecular weight is 366 g/mol. The van der Waals surface area contributed by atoms with E-state index < -0.39 is 0 Å². The average Bonchev–Trinajstić information content (AvgIpc) is 2.37. The Morgan fingerprint density at radius 3 is 2.16 bits per heavy atom. The normalized spacial score (nSPS) is 11.4. The van der Waals surface area contributed by atoms with Gasteiger partial charge in [0.05, 0.1) is 0 Å². The lowest BCUT2D eigenvalue weighted by Gasteiger charge is -2.19. The van der Waals surface area contributed by atoms with Gasteiger partial charge in [-0.15, -0.1) is 0 Å². The largest absolute Gasteiger partial charge is 0.489 e. The molecule has 0 aliphatic carbocycles. The predicted octanol–water partition coefficient (Wildman–Crippen LogP) is 5.17. The van der Waals surface area contributed by atoms with Crippen LogP contribution in [0.5, 0.6) is 5.75 Å². The van der Waals surface area contributed by atoms with E-state index >= 15 is 0 Å². The fraction of sp³-hybridized carbons (Fsp3) is 0.294. The molecule has 0 atom stereocenters. The summed E-state index contributed by atoms with van der Waals surface area (Å²) in [6, 6.07) is 16.7. The first-order chi connectivity index (χ1) is 8.97. The number of hydrogen-bond donors (Lipinski definition) is 0. The molecule has 0 N–H and O–H groups in total. The minimum atomic E-state index is 0.188. The van der Waals surface area contributed by atoms with Gasteiger partial charge in [-0.1, -0.05) is 51.1 Å². The van der Waals surface area contributed by atoms with Gasteiger partial charge in [-0.25, -0.2) is 0 Å². The van der Waals surface area contributed by atoms with Crippen LogP contribution in [0.4, 0.5) is 0 Å². The highest BCUT2D eigenvalue weighted by molar-refractivity contribution is 14.1. The molecule has 0 amide bonds. The van der Waals surface area contributed by atoms with E-state index in [1.165, 1.54) is 14.7 Å². The van der Waals surface area contributed by atoms with E-state index in [2.05, 4.69) is 79.8 Å². The van der Waals surface area contributed by atoms with Crippen molar-refractivity contribution in [1.29, 1.82) is 0 Å². The van der Waals surface area contributed by atoms with Crippen molar-refractivity contribution in [3.05, 3.63) is 63.2 Å². The van der Waals surface area contributed by atoms with Crippen LogP contribution >= 0.6 is 22.6 Å². The fourth-order valence-electron chi connectivity index (χ4n) is 1.83. The van der Waals surface area contributed by atoms with Crippen molar-refractivity contribution in [3.63, 3.8) is 0 Å². The van der Waals surface area contributed by atoms with Gasteiger partial charge in [0.25, 0.3) is 0 Å². The molecule has 0 aliphatic heterocycles. The molecule has 2 heteroatoms. The Hall–Kier alpha value is -1.03. The highest BCUT2D eigenvalue weighted by Gasteiger charge is 2.12. The van der Waals surface area contributed by atoms with Gasteiger partial charge < -0.3 is 4.74 Å². The lowest BCUT2D eigenvalue weighted by Crippen LogP contribution is -2.10. The Bertz CT molecular complexity index is 538. The summed E-state index contributed by atoms with van der Waals surface area (Å²) >= 11 is 2.34. The molecule has 100 valence electrons. The summed E-state index contributed by atoms with van der Waals surface area (Å²) in [6.45, 7) is 7.27. The summed E-state index contributed by atoms with van der Waals surface area (Å²) < 4.78 is 7.08. The third-order valence-electron chi connectivity index (χ3n) is 3.07. The predicted molar refractivity (Wildman–Crippen MR) is 88.6 cm³/mol. The SMILES string of the molecule is CC(C)(C)c1ccc(OCc2ccccc2I)cc1. The van der Waals surface area contributed by atoms with E-state index in [1.807, 2.05) is 12.1 Å². The van der Waals surface area contributed by atoms with Crippen molar-refractivity contribution >= 4 is 22.6 Å². The van der Waals surface area contributed by atoms with Crippen LogP contribution in [0.2, 0.25) is 0 Å². The molecular weight excluding hydrogens is 347 g/mol. The van der Waals surface area contributed by atoms with E-state index in [1.54, 1.807) is 0 Å². The minimum absolute atomic E-state index is 0.188. The molecule has 0 aliphatic rings. The van der Waals surface area contributed by atoms with Crippen LogP contribution in [-0.4, -0.2) is 0 Å². The summed E-state index contributed by atoms with van der Waals surface area (Å²) in [7, 11) is 0. The fourth-order valence-corrected chi connectivity index (χ4v) is 2.37. The van der Waals surface area contributed by atoms with Gasteiger partial charge in [-0.05, 0) is 51.8 Å². The molecule has 0 saturated carbocycles. The molecule has 0 fully saturated rings. The maximum Gasteiger partial charge on any atom is 0.119 e. The number of rotatable bonds is 3. The number of halogens is 1. The molecule has 0 bridgehead atoms. The van der Waals surface area contributed by atoms with Gasteiger partial charge in [0.15, 0.2) is 0 Å². The smallest absolute Gasteiger partial charge is 0.119 e. The summed E-state index contributed by atoms with van der Waals surface area (Å²) in [5, 5.41) is 0. The molecule has 0 aromatic heterocycles. The van der Waals surface area contributed by atoms with Gasteiger partial charge >= 0.3 is 0 Å². The Morgan fingerprint density at radius 1 is 0.947 bits per heavy atom. The first-order valence-electron chi connectivity index (χ1n) is 6.43. The van der Waals surface area contributed by atoms with Gasteiger partial charge in [0.1, 0.15) is 12.4 Å². The quantitative estimate of drug-likeness (QED) is 0.682. The molecule has 1 nitrogen and oxygen atoms in total. The molecule has 2 aromatic carbocycles. The van der Waals surface area contributed by atoms with E-state index in [-0.39, 0.29) is 5.41 Å². The molecule has 0 spiro atoms. The standard InChI is InChI=1S/C17H19IO/c1-17(2,3)14-8-10-15(11-9-14)19-12-13-6-4-5-7-16(13)18/h4-11H,12H2,1-3H3. The van der Waals surface area contributed by atoms with Crippen molar-refractivity contribution in [3.8, 4) is 5.75 Å². The second-order valence-electron chi connectivity index (χ2n) is 5.65. The van der Waals surface area contributed by atoms with E-state index in [4.69, 9.17) is 4.74 Å². The molecule has 0 radical (unpaired) electrons. The van der Waals surface area contributed by atoms with Crippen LogP contribution in [0, 0.1) is 3.57 Å². The van der Waals surface area contributed by atoms with Crippen molar-refractivity contribution in [2.75, 3.05) is 0 Å². The highest BCUT2D eigenvalue weighted by Crippen LogP contribution is 2.24. The van der Waals surface area contributed by atoms with Crippen molar-refractivity contribution in [2.45, 2.75) is 32.8 Å². The summed E-state index contributed by atoms with van der Waals surface area (Å²) in [5.41, 5.74) is 2.74. The maximum atomic E-state index is 5.84. The van der Waals surface area contributed by atoms with Crippen LogP contribution < -0.4 is 4.74 Å². The first-order valence-corrected chi connectivity index (χ1v) is 7.51. The molecule has 2 aromatic rings. The Balaban J connectivity index is 2.03. The van der Waals surface area contributed by atoms with E-state index in [9.17, 15) is 0 Å². The third kappa shape index (κ3) is 3.96. The second-order valence-corrected chi connectivity index (χ2v) is 6.82. The number of benzene rings is 2. The Morgan fingerprint density at radius 2 is 1.58 bits per heavy atom.